The summed E-state index contributed by atoms with van der Waals surface area (Å²) in [5.74, 6) is -1.15. The molecule has 5 nitrogen and oxygen atoms in total. The van der Waals surface area contributed by atoms with E-state index in [4.69, 9.17) is 0 Å². The Kier molecular flexibility index (Phi) is 5.32. The Hall–Kier alpha value is -2.83. The quantitative estimate of drug-likeness (QED) is 0.869. The molecule has 0 radical (unpaired) electrons. The van der Waals surface area contributed by atoms with Gasteiger partial charge in [0.05, 0.1) is 0 Å². The molecule has 0 bridgehead atoms. The number of benzene rings is 2. The van der Waals surface area contributed by atoms with Crippen LogP contribution in [0.5, 0.6) is 0 Å². The minimum atomic E-state index is -0.573. The summed E-state index contributed by atoms with van der Waals surface area (Å²) in [4.78, 5) is 18.2. The molecule has 2 aliphatic heterocycles. The molecular formula is C21H24F2N4O. The first-order valence-corrected chi connectivity index (χ1v) is 9.72. The SMILES string of the molecule is O=C(Nc1ccc(N2CCCC2)cc1)N1CCN(c2c(F)cccc2F)CC1. The zero-order valence-electron chi connectivity index (χ0n) is 15.7. The Morgan fingerprint density at radius 1 is 0.786 bits per heavy atom. The van der Waals surface area contributed by atoms with Crippen LogP contribution in [0.3, 0.4) is 0 Å². The molecule has 2 aromatic carbocycles. The highest BCUT2D eigenvalue weighted by Crippen LogP contribution is 2.25. The largest absolute Gasteiger partial charge is 0.372 e. The molecule has 1 N–H and O–H groups in total. The number of hydrogen-bond acceptors (Lipinski definition) is 3. The van der Waals surface area contributed by atoms with Gasteiger partial charge in [0.15, 0.2) is 0 Å². The summed E-state index contributed by atoms with van der Waals surface area (Å²) in [6.45, 7) is 3.76. The topological polar surface area (TPSA) is 38.8 Å². The molecule has 2 saturated heterocycles. The van der Waals surface area contributed by atoms with E-state index in [0.29, 0.717) is 26.2 Å². The second-order valence-electron chi connectivity index (χ2n) is 7.22. The normalized spacial score (nSPS) is 17.1. The van der Waals surface area contributed by atoms with E-state index in [0.717, 1.165) is 18.8 Å². The van der Waals surface area contributed by atoms with Crippen molar-refractivity contribution in [2.75, 3.05) is 54.4 Å². The molecule has 0 aromatic heterocycles. The first-order valence-electron chi connectivity index (χ1n) is 9.72. The van der Waals surface area contributed by atoms with Crippen LogP contribution in [-0.2, 0) is 0 Å². The van der Waals surface area contributed by atoms with Gasteiger partial charge in [0.2, 0.25) is 0 Å². The molecular weight excluding hydrogens is 362 g/mol. The minimum Gasteiger partial charge on any atom is -0.372 e. The second-order valence-corrected chi connectivity index (χ2v) is 7.22. The van der Waals surface area contributed by atoms with Crippen molar-refractivity contribution in [2.45, 2.75) is 12.8 Å². The van der Waals surface area contributed by atoms with Gasteiger partial charge in [0.1, 0.15) is 17.3 Å². The average Bonchev–Trinajstić information content (AvgIpc) is 3.24. The number of nitrogens with zero attached hydrogens (tertiary/aromatic N) is 3. The van der Waals surface area contributed by atoms with Crippen LogP contribution in [0.4, 0.5) is 30.6 Å². The van der Waals surface area contributed by atoms with Gasteiger partial charge in [-0.05, 0) is 49.2 Å². The number of hydrogen-bond donors (Lipinski definition) is 1. The van der Waals surface area contributed by atoms with Crippen LogP contribution in [0, 0.1) is 11.6 Å². The van der Waals surface area contributed by atoms with Gasteiger partial charge in [0.25, 0.3) is 0 Å². The standard InChI is InChI=1S/C21H24F2N4O/c22-18-4-3-5-19(23)20(18)26-12-14-27(15-13-26)21(28)24-16-6-8-17(9-7-16)25-10-1-2-11-25/h3-9H,1-2,10-15H2,(H,24,28). The fourth-order valence-electron chi connectivity index (χ4n) is 3.86. The lowest BCUT2D eigenvalue weighted by Gasteiger charge is -2.36. The number of carbonyl (C=O) groups excluding carboxylic acids is 1. The van der Waals surface area contributed by atoms with Crippen molar-refractivity contribution >= 4 is 23.1 Å². The summed E-state index contributed by atoms with van der Waals surface area (Å²) in [6, 6.07) is 11.6. The number of para-hydroxylation sites is 1. The molecule has 2 heterocycles. The van der Waals surface area contributed by atoms with Crippen LogP contribution in [0.2, 0.25) is 0 Å². The predicted octanol–water partition coefficient (Wildman–Crippen LogP) is 3.92. The Morgan fingerprint density at radius 2 is 1.39 bits per heavy atom. The van der Waals surface area contributed by atoms with Gasteiger partial charge in [-0.2, -0.15) is 0 Å². The summed E-state index contributed by atoms with van der Waals surface area (Å²) < 4.78 is 27.9. The van der Waals surface area contributed by atoms with E-state index in [1.165, 1.54) is 36.7 Å². The van der Waals surface area contributed by atoms with E-state index in [9.17, 15) is 13.6 Å². The van der Waals surface area contributed by atoms with E-state index in [2.05, 4.69) is 10.2 Å². The molecule has 7 heteroatoms. The molecule has 2 amide bonds. The van der Waals surface area contributed by atoms with Crippen LogP contribution >= 0.6 is 0 Å². The number of urea groups is 1. The van der Waals surface area contributed by atoms with Gasteiger partial charge in [-0.25, -0.2) is 13.6 Å². The lowest BCUT2D eigenvalue weighted by atomic mass is 10.2. The second kappa shape index (κ2) is 8.04. The Balaban J connectivity index is 1.33. The highest BCUT2D eigenvalue weighted by atomic mass is 19.1. The van der Waals surface area contributed by atoms with Crippen molar-refractivity contribution in [1.29, 1.82) is 0 Å². The number of carbonyl (C=O) groups is 1. The van der Waals surface area contributed by atoms with Crippen molar-refractivity contribution in [1.82, 2.24) is 4.90 Å². The molecule has 4 rings (SSSR count). The maximum absolute atomic E-state index is 13.9. The summed E-state index contributed by atoms with van der Waals surface area (Å²) >= 11 is 0. The summed E-state index contributed by atoms with van der Waals surface area (Å²) in [7, 11) is 0. The number of halogens is 2. The van der Waals surface area contributed by atoms with E-state index >= 15 is 0 Å². The molecule has 148 valence electrons. The highest BCUT2D eigenvalue weighted by Gasteiger charge is 2.25. The molecule has 0 unspecified atom stereocenters. The van der Waals surface area contributed by atoms with Gasteiger partial charge < -0.3 is 20.0 Å². The smallest absolute Gasteiger partial charge is 0.321 e. The predicted molar refractivity (Wildman–Crippen MR) is 107 cm³/mol. The molecule has 0 saturated carbocycles. The number of nitrogens with one attached hydrogen (secondary N) is 1. The van der Waals surface area contributed by atoms with Crippen LogP contribution in [0.1, 0.15) is 12.8 Å². The molecule has 0 atom stereocenters. The van der Waals surface area contributed by atoms with Crippen molar-refractivity contribution < 1.29 is 13.6 Å². The lowest BCUT2D eigenvalue weighted by molar-refractivity contribution is 0.208. The van der Waals surface area contributed by atoms with Crippen LogP contribution in [-0.4, -0.2) is 50.2 Å². The third-order valence-electron chi connectivity index (χ3n) is 5.41. The number of piperazine rings is 1. The first kappa shape index (κ1) is 18.5. The van der Waals surface area contributed by atoms with Crippen molar-refractivity contribution in [3.05, 3.63) is 54.1 Å². The molecule has 2 aromatic rings. The lowest BCUT2D eigenvalue weighted by Crippen LogP contribution is -2.50. The van der Waals surface area contributed by atoms with Crippen LogP contribution in [0.15, 0.2) is 42.5 Å². The molecule has 2 fully saturated rings. The van der Waals surface area contributed by atoms with Crippen LogP contribution in [0.25, 0.3) is 0 Å². The highest BCUT2D eigenvalue weighted by molar-refractivity contribution is 5.89. The van der Waals surface area contributed by atoms with Gasteiger partial charge >= 0.3 is 6.03 Å². The number of amides is 2. The monoisotopic (exact) mass is 386 g/mol. The fourth-order valence-corrected chi connectivity index (χ4v) is 3.86. The zero-order valence-corrected chi connectivity index (χ0v) is 15.7. The molecule has 2 aliphatic rings. The van der Waals surface area contributed by atoms with Crippen molar-refractivity contribution in [3.8, 4) is 0 Å². The molecule has 0 spiro atoms. The summed E-state index contributed by atoms with van der Waals surface area (Å²) in [5, 5.41) is 2.91. The maximum Gasteiger partial charge on any atom is 0.321 e. The fraction of sp³-hybridized carbons (Fsp3) is 0.381. The zero-order chi connectivity index (χ0) is 19.5. The number of rotatable bonds is 3. The Bertz CT molecular complexity index is 809. The Labute approximate surface area is 163 Å². The maximum atomic E-state index is 13.9. The first-order chi connectivity index (χ1) is 13.6. The minimum absolute atomic E-state index is 0.0138. The third kappa shape index (κ3) is 3.88. The van der Waals surface area contributed by atoms with Crippen LogP contribution < -0.4 is 15.1 Å². The van der Waals surface area contributed by atoms with Gasteiger partial charge in [0, 0.05) is 50.6 Å². The van der Waals surface area contributed by atoms with Gasteiger partial charge in [-0.15, -0.1) is 0 Å². The van der Waals surface area contributed by atoms with Crippen molar-refractivity contribution in [2.24, 2.45) is 0 Å². The third-order valence-corrected chi connectivity index (χ3v) is 5.41. The van der Waals surface area contributed by atoms with Crippen molar-refractivity contribution in [3.63, 3.8) is 0 Å². The average molecular weight is 386 g/mol. The molecule has 28 heavy (non-hydrogen) atoms. The number of anilines is 3. The van der Waals surface area contributed by atoms with E-state index < -0.39 is 11.6 Å². The van der Waals surface area contributed by atoms with E-state index in [1.54, 1.807) is 9.80 Å². The Morgan fingerprint density at radius 3 is 2.00 bits per heavy atom. The summed E-state index contributed by atoms with van der Waals surface area (Å²) in [6.07, 6.45) is 2.45. The van der Waals surface area contributed by atoms with E-state index in [1.807, 2.05) is 24.3 Å². The summed E-state index contributed by atoms with van der Waals surface area (Å²) in [5.41, 5.74) is 1.91. The van der Waals surface area contributed by atoms with Gasteiger partial charge in [-0.3, -0.25) is 0 Å². The molecule has 0 aliphatic carbocycles. The van der Waals surface area contributed by atoms with E-state index in [-0.39, 0.29) is 11.7 Å². The van der Waals surface area contributed by atoms with Gasteiger partial charge in [-0.1, -0.05) is 6.07 Å².